The van der Waals surface area contributed by atoms with Crippen molar-refractivity contribution >= 4 is 29.0 Å². The van der Waals surface area contributed by atoms with E-state index < -0.39 is 0 Å². The molecule has 1 aliphatic heterocycles. The van der Waals surface area contributed by atoms with Crippen LogP contribution in [0.4, 0.5) is 10.2 Å². The maximum Gasteiger partial charge on any atom is 0.133 e. The van der Waals surface area contributed by atoms with Gasteiger partial charge in [-0.25, -0.2) is 9.07 Å². The van der Waals surface area contributed by atoms with Gasteiger partial charge in [0, 0.05) is 23.6 Å². The Kier molecular flexibility index (Phi) is 3.94. The first-order chi connectivity index (χ1) is 11.6. The summed E-state index contributed by atoms with van der Waals surface area (Å²) in [6, 6.07) is 11.9. The van der Waals surface area contributed by atoms with E-state index in [2.05, 4.69) is 5.32 Å². The average molecular weight is 362 g/mol. The predicted molar refractivity (Wildman–Crippen MR) is 95.0 cm³/mol. The highest BCUT2D eigenvalue weighted by atomic mass is 35.5. The fourth-order valence-electron chi connectivity index (χ4n) is 3.01. The Morgan fingerprint density at radius 1 is 1.12 bits per heavy atom. The van der Waals surface area contributed by atoms with E-state index in [1.807, 2.05) is 10.7 Å². The van der Waals surface area contributed by atoms with Gasteiger partial charge in [0.2, 0.25) is 0 Å². The van der Waals surface area contributed by atoms with E-state index >= 15 is 0 Å². The number of benzene rings is 2. The fourth-order valence-corrected chi connectivity index (χ4v) is 3.50. The van der Waals surface area contributed by atoms with Crippen molar-refractivity contribution in [1.29, 1.82) is 0 Å². The van der Waals surface area contributed by atoms with Gasteiger partial charge >= 0.3 is 0 Å². The van der Waals surface area contributed by atoms with Crippen LogP contribution in [0, 0.1) is 5.82 Å². The Labute approximate surface area is 149 Å². The normalized spacial score (nSPS) is 13.0. The summed E-state index contributed by atoms with van der Waals surface area (Å²) >= 11 is 12.3. The number of fused-ring (bicyclic) bond motifs is 1. The number of anilines is 1. The number of halogens is 3. The Morgan fingerprint density at radius 2 is 1.92 bits per heavy atom. The lowest BCUT2D eigenvalue weighted by molar-refractivity contribution is 0.627. The van der Waals surface area contributed by atoms with Gasteiger partial charge in [0.05, 0.1) is 16.4 Å². The van der Waals surface area contributed by atoms with Gasteiger partial charge in [0.25, 0.3) is 0 Å². The Balaban J connectivity index is 1.76. The monoisotopic (exact) mass is 361 g/mol. The average Bonchev–Trinajstić information content (AvgIpc) is 3.14. The van der Waals surface area contributed by atoms with Crippen LogP contribution in [0.3, 0.4) is 0 Å². The molecular weight excluding hydrogens is 348 g/mol. The topological polar surface area (TPSA) is 29.9 Å². The molecule has 24 heavy (non-hydrogen) atoms. The highest BCUT2D eigenvalue weighted by Crippen LogP contribution is 2.33. The van der Waals surface area contributed by atoms with Crippen LogP contribution in [0.25, 0.3) is 5.69 Å². The highest BCUT2D eigenvalue weighted by Gasteiger charge is 2.24. The van der Waals surface area contributed by atoms with Crippen molar-refractivity contribution < 1.29 is 4.39 Å². The molecule has 1 aromatic heterocycles. The lowest BCUT2D eigenvalue weighted by Crippen LogP contribution is -2.05. The van der Waals surface area contributed by atoms with Crippen molar-refractivity contribution in [2.24, 2.45) is 0 Å². The summed E-state index contributed by atoms with van der Waals surface area (Å²) < 4.78 is 14.9. The first-order valence-corrected chi connectivity index (χ1v) is 8.42. The smallest absolute Gasteiger partial charge is 0.133 e. The third-order valence-electron chi connectivity index (χ3n) is 4.16. The van der Waals surface area contributed by atoms with E-state index in [9.17, 15) is 4.39 Å². The van der Waals surface area contributed by atoms with Crippen LogP contribution in [0.2, 0.25) is 10.0 Å². The molecule has 0 radical (unpaired) electrons. The van der Waals surface area contributed by atoms with Gasteiger partial charge in [0.1, 0.15) is 11.6 Å². The molecule has 1 aliphatic rings. The summed E-state index contributed by atoms with van der Waals surface area (Å²) in [5, 5.41) is 9.26. The van der Waals surface area contributed by atoms with Gasteiger partial charge in [-0.1, -0.05) is 35.3 Å². The minimum atomic E-state index is -0.232. The number of hydrogen-bond acceptors (Lipinski definition) is 2. The van der Waals surface area contributed by atoms with Gasteiger partial charge < -0.3 is 5.32 Å². The zero-order chi connectivity index (χ0) is 16.7. The van der Waals surface area contributed by atoms with E-state index in [1.165, 1.54) is 17.7 Å². The van der Waals surface area contributed by atoms with Crippen LogP contribution in [0.15, 0.2) is 42.5 Å². The van der Waals surface area contributed by atoms with Crippen LogP contribution in [0.5, 0.6) is 0 Å². The lowest BCUT2D eigenvalue weighted by atomic mass is 10.1. The van der Waals surface area contributed by atoms with Crippen molar-refractivity contribution in [2.45, 2.75) is 12.8 Å². The third kappa shape index (κ3) is 2.76. The number of hydrogen-bond donors (Lipinski definition) is 1. The number of nitrogens with one attached hydrogen (secondary N) is 1. The third-order valence-corrected chi connectivity index (χ3v) is 4.69. The number of nitrogens with zero attached hydrogens (tertiary/aromatic N) is 2. The van der Waals surface area contributed by atoms with E-state index in [-0.39, 0.29) is 5.82 Å². The first-order valence-electron chi connectivity index (χ1n) is 7.66. The molecule has 0 unspecified atom stereocenters. The summed E-state index contributed by atoms with van der Waals surface area (Å²) in [6.07, 6.45) is 1.57. The van der Waals surface area contributed by atoms with Crippen LogP contribution in [0.1, 0.15) is 16.8 Å². The molecule has 0 saturated carbocycles. The molecule has 0 saturated heterocycles. The summed E-state index contributed by atoms with van der Waals surface area (Å²) in [4.78, 5) is 0. The zero-order valence-electron chi connectivity index (χ0n) is 12.7. The zero-order valence-corrected chi connectivity index (χ0v) is 14.2. The Bertz CT molecular complexity index is 903. The van der Waals surface area contributed by atoms with E-state index in [0.29, 0.717) is 16.5 Å². The molecular formula is C18H14Cl2FN3. The van der Waals surface area contributed by atoms with Gasteiger partial charge in [0.15, 0.2) is 0 Å². The van der Waals surface area contributed by atoms with Crippen molar-refractivity contribution in [2.75, 3.05) is 11.9 Å². The summed E-state index contributed by atoms with van der Waals surface area (Å²) in [6.45, 7) is 0.870. The van der Waals surface area contributed by atoms with Crippen LogP contribution in [-0.2, 0) is 12.8 Å². The molecule has 4 rings (SSSR count). The van der Waals surface area contributed by atoms with Crippen molar-refractivity contribution in [3.8, 4) is 5.69 Å². The Hall–Kier alpha value is -2.04. The van der Waals surface area contributed by atoms with Crippen LogP contribution in [-0.4, -0.2) is 16.3 Å². The molecule has 0 amide bonds. The number of rotatable bonds is 3. The summed E-state index contributed by atoms with van der Waals surface area (Å²) in [5.41, 5.74) is 3.98. The molecule has 2 heterocycles. The van der Waals surface area contributed by atoms with Gasteiger partial charge in [-0.2, -0.15) is 5.10 Å². The molecule has 0 spiro atoms. The standard InChI is InChI=1S/C18H14Cl2FN3/c19-12-3-6-17(15(20)10-12)24-18-14(7-8-22-18)16(23-24)9-11-1-4-13(21)5-2-11/h1-6,10,22H,7-9H2. The number of aromatic nitrogens is 2. The second-order valence-corrected chi connectivity index (χ2v) is 6.61. The first kappa shape index (κ1) is 15.5. The minimum absolute atomic E-state index is 0.232. The highest BCUT2D eigenvalue weighted by molar-refractivity contribution is 6.35. The molecule has 1 N–H and O–H groups in total. The quantitative estimate of drug-likeness (QED) is 0.720. The lowest BCUT2D eigenvalue weighted by Gasteiger charge is -2.08. The predicted octanol–water partition coefficient (Wildman–Crippen LogP) is 4.88. The van der Waals surface area contributed by atoms with Gasteiger partial charge in [-0.3, -0.25) is 0 Å². The molecule has 3 aromatic rings. The summed E-state index contributed by atoms with van der Waals surface area (Å²) in [7, 11) is 0. The Morgan fingerprint density at radius 3 is 2.67 bits per heavy atom. The molecule has 0 atom stereocenters. The maximum absolute atomic E-state index is 13.1. The van der Waals surface area contributed by atoms with Crippen molar-refractivity contribution in [1.82, 2.24) is 9.78 Å². The molecule has 3 nitrogen and oxygen atoms in total. The minimum Gasteiger partial charge on any atom is -0.369 e. The van der Waals surface area contributed by atoms with Crippen LogP contribution >= 0.6 is 23.2 Å². The van der Waals surface area contributed by atoms with Gasteiger partial charge in [-0.15, -0.1) is 0 Å². The molecule has 6 heteroatoms. The molecule has 2 aromatic carbocycles. The molecule has 122 valence electrons. The van der Waals surface area contributed by atoms with Crippen LogP contribution < -0.4 is 5.32 Å². The van der Waals surface area contributed by atoms with Crippen molar-refractivity contribution in [3.05, 3.63) is 75.1 Å². The maximum atomic E-state index is 13.1. The van der Waals surface area contributed by atoms with E-state index in [0.717, 1.165) is 35.7 Å². The fraction of sp³-hybridized carbons (Fsp3) is 0.167. The summed E-state index contributed by atoms with van der Waals surface area (Å²) in [5.74, 6) is 0.737. The molecule has 0 bridgehead atoms. The second kappa shape index (κ2) is 6.11. The SMILES string of the molecule is Fc1ccc(Cc2nn(-c3ccc(Cl)cc3Cl)c3c2CCN3)cc1. The molecule has 0 fully saturated rings. The second-order valence-electron chi connectivity index (χ2n) is 5.76. The van der Waals surface area contributed by atoms with E-state index in [1.54, 1.807) is 24.3 Å². The van der Waals surface area contributed by atoms with E-state index in [4.69, 9.17) is 28.3 Å². The molecule has 0 aliphatic carbocycles. The van der Waals surface area contributed by atoms with Crippen molar-refractivity contribution in [3.63, 3.8) is 0 Å². The largest absolute Gasteiger partial charge is 0.369 e. The van der Waals surface area contributed by atoms with Gasteiger partial charge in [-0.05, 0) is 42.3 Å².